The molecule has 8 nitrogen and oxygen atoms in total. The topological polar surface area (TPSA) is 115 Å². The molecule has 0 saturated carbocycles. The summed E-state index contributed by atoms with van der Waals surface area (Å²) in [6, 6.07) is 8.19. The molecule has 0 fully saturated rings. The fraction of sp³-hybridized carbons (Fsp3) is 0.200. The molecule has 4 aromatic rings. The molecule has 28 heavy (non-hydrogen) atoms. The van der Waals surface area contributed by atoms with Crippen LogP contribution >= 0.6 is 0 Å². The Morgan fingerprint density at radius 3 is 2.86 bits per heavy atom. The second-order valence-corrected chi connectivity index (χ2v) is 6.78. The number of aromatic amines is 1. The fourth-order valence-electron chi connectivity index (χ4n) is 3.23. The van der Waals surface area contributed by atoms with Crippen LogP contribution in [-0.2, 0) is 11.3 Å². The van der Waals surface area contributed by atoms with Gasteiger partial charge in [-0.1, -0.05) is 24.3 Å². The molecule has 1 aromatic carbocycles. The van der Waals surface area contributed by atoms with Crippen molar-refractivity contribution in [1.29, 1.82) is 0 Å². The van der Waals surface area contributed by atoms with E-state index in [0.29, 0.717) is 35.6 Å². The molecule has 0 radical (unpaired) electrons. The number of nitrogens with two attached hydrogens (primary N) is 1. The van der Waals surface area contributed by atoms with Crippen molar-refractivity contribution in [2.24, 2.45) is 0 Å². The number of amides is 1. The number of carbonyl (C=O) groups excluding carboxylic acids is 1. The number of benzene rings is 1. The van der Waals surface area contributed by atoms with E-state index in [-0.39, 0.29) is 5.91 Å². The van der Waals surface area contributed by atoms with E-state index < -0.39 is 0 Å². The van der Waals surface area contributed by atoms with Crippen LogP contribution in [0.25, 0.3) is 38.9 Å². The highest BCUT2D eigenvalue weighted by Crippen LogP contribution is 2.32. The van der Waals surface area contributed by atoms with Crippen LogP contribution < -0.4 is 11.1 Å². The summed E-state index contributed by atoms with van der Waals surface area (Å²) in [7, 11) is 0. The van der Waals surface area contributed by atoms with Gasteiger partial charge < -0.3 is 16.0 Å². The molecule has 0 spiro atoms. The summed E-state index contributed by atoms with van der Waals surface area (Å²) in [5.41, 5.74) is 11.4. The van der Waals surface area contributed by atoms with Gasteiger partial charge in [-0.15, -0.1) is 0 Å². The number of nitrogens with zero attached hydrogens (tertiary/aromatic N) is 4. The third-order valence-corrected chi connectivity index (χ3v) is 4.63. The molecular formula is C20H21N7O. The minimum absolute atomic E-state index is 0.0882. The van der Waals surface area contributed by atoms with Gasteiger partial charge in [-0.3, -0.25) is 4.79 Å². The standard InChI is InChI=1S/C20H21N7O/c1-11(2)13-4-5-14-9-16(25-15(14)8-13)18-17-19(21)23-10-24-20(17)27(26-18)7-6-22-12(3)28/h4-5,8-10,25H,1,6-7H2,2-3H3,(H,22,28)(H2,21,23,24). The van der Waals surface area contributed by atoms with Crippen molar-refractivity contribution < 1.29 is 4.79 Å². The molecule has 0 aliphatic carbocycles. The van der Waals surface area contributed by atoms with Gasteiger partial charge in [-0.25, -0.2) is 14.6 Å². The minimum Gasteiger partial charge on any atom is -0.383 e. The van der Waals surface area contributed by atoms with Crippen LogP contribution in [0.15, 0.2) is 37.2 Å². The molecule has 8 heteroatoms. The molecule has 3 aromatic heterocycles. The summed E-state index contributed by atoms with van der Waals surface area (Å²) < 4.78 is 1.74. The Morgan fingerprint density at radius 2 is 2.11 bits per heavy atom. The summed E-state index contributed by atoms with van der Waals surface area (Å²) in [5, 5.41) is 9.23. The lowest BCUT2D eigenvalue weighted by Crippen LogP contribution is -2.24. The summed E-state index contributed by atoms with van der Waals surface area (Å²) in [4.78, 5) is 23.0. The molecule has 0 atom stereocenters. The Labute approximate surface area is 161 Å². The van der Waals surface area contributed by atoms with Gasteiger partial charge in [0.1, 0.15) is 17.8 Å². The van der Waals surface area contributed by atoms with Crippen LogP contribution in [-0.4, -0.2) is 37.2 Å². The number of carbonyl (C=O) groups is 1. The zero-order valence-corrected chi connectivity index (χ0v) is 15.8. The Balaban J connectivity index is 1.82. The largest absolute Gasteiger partial charge is 0.383 e. The highest BCUT2D eigenvalue weighted by molar-refractivity contribution is 6.00. The molecule has 0 aliphatic heterocycles. The van der Waals surface area contributed by atoms with Crippen molar-refractivity contribution in [1.82, 2.24) is 30.0 Å². The third-order valence-electron chi connectivity index (χ3n) is 4.63. The number of nitrogens with one attached hydrogen (secondary N) is 2. The first-order valence-electron chi connectivity index (χ1n) is 8.94. The number of H-pyrrole nitrogens is 1. The van der Waals surface area contributed by atoms with Gasteiger partial charge in [0, 0.05) is 24.4 Å². The zero-order valence-electron chi connectivity index (χ0n) is 15.8. The van der Waals surface area contributed by atoms with Crippen LogP contribution in [0, 0.1) is 0 Å². The van der Waals surface area contributed by atoms with E-state index >= 15 is 0 Å². The SMILES string of the molecule is C=C(C)c1ccc2cc(-c3nn(CCNC(C)=O)c4ncnc(N)c34)[nH]c2c1. The number of allylic oxidation sites excluding steroid dienone is 1. The van der Waals surface area contributed by atoms with Gasteiger partial charge in [0.2, 0.25) is 5.91 Å². The highest BCUT2D eigenvalue weighted by Gasteiger charge is 2.18. The van der Waals surface area contributed by atoms with Gasteiger partial charge in [-0.05, 0) is 24.6 Å². The van der Waals surface area contributed by atoms with Crippen molar-refractivity contribution in [3.63, 3.8) is 0 Å². The molecule has 4 rings (SSSR count). The highest BCUT2D eigenvalue weighted by atomic mass is 16.1. The fourth-order valence-corrected chi connectivity index (χ4v) is 3.23. The summed E-state index contributed by atoms with van der Waals surface area (Å²) in [6.45, 7) is 8.39. The molecule has 4 N–H and O–H groups in total. The first kappa shape index (κ1) is 17.7. The maximum atomic E-state index is 11.2. The smallest absolute Gasteiger partial charge is 0.216 e. The number of rotatable bonds is 5. The molecule has 142 valence electrons. The van der Waals surface area contributed by atoms with Crippen molar-refractivity contribution in [3.05, 3.63) is 42.7 Å². The average Bonchev–Trinajstić information content (AvgIpc) is 3.23. The zero-order chi connectivity index (χ0) is 19.8. The average molecular weight is 375 g/mol. The third kappa shape index (κ3) is 3.09. The number of nitrogen functional groups attached to an aromatic ring is 1. The van der Waals surface area contributed by atoms with E-state index in [0.717, 1.165) is 27.7 Å². The van der Waals surface area contributed by atoms with Crippen LogP contribution in [0.5, 0.6) is 0 Å². The Hall–Kier alpha value is -3.68. The monoisotopic (exact) mass is 375 g/mol. The van der Waals surface area contributed by atoms with E-state index in [2.05, 4.69) is 39.0 Å². The Kier molecular flexibility index (Phi) is 4.31. The number of anilines is 1. The first-order chi connectivity index (χ1) is 13.4. The lowest BCUT2D eigenvalue weighted by atomic mass is 10.1. The molecule has 0 aliphatic rings. The van der Waals surface area contributed by atoms with Gasteiger partial charge in [0.15, 0.2) is 5.65 Å². The second-order valence-electron chi connectivity index (χ2n) is 6.78. The minimum atomic E-state index is -0.0882. The van der Waals surface area contributed by atoms with Crippen molar-refractivity contribution in [3.8, 4) is 11.4 Å². The van der Waals surface area contributed by atoms with Crippen molar-refractivity contribution >= 4 is 39.2 Å². The number of fused-ring (bicyclic) bond motifs is 2. The van der Waals surface area contributed by atoms with E-state index in [1.54, 1.807) is 4.68 Å². The van der Waals surface area contributed by atoms with Crippen molar-refractivity contribution in [2.75, 3.05) is 12.3 Å². The maximum Gasteiger partial charge on any atom is 0.216 e. The molecular weight excluding hydrogens is 354 g/mol. The van der Waals surface area contributed by atoms with Gasteiger partial charge >= 0.3 is 0 Å². The van der Waals surface area contributed by atoms with E-state index in [1.807, 2.05) is 19.1 Å². The second kappa shape index (κ2) is 6.80. The molecule has 0 unspecified atom stereocenters. The quantitative estimate of drug-likeness (QED) is 0.496. The number of hydrogen-bond donors (Lipinski definition) is 3. The molecule has 1 amide bonds. The Morgan fingerprint density at radius 1 is 1.29 bits per heavy atom. The number of hydrogen-bond acceptors (Lipinski definition) is 5. The van der Waals surface area contributed by atoms with Crippen LogP contribution in [0.1, 0.15) is 19.4 Å². The van der Waals surface area contributed by atoms with Gasteiger partial charge in [-0.2, -0.15) is 5.10 Å². The summed E-state index contributed by atoms with van der Waals surface area (Å²) >= 11 is 0. The van der Waals surface area contributed by atoms with E-state index in [1.165, 1.54) is 13.3 Å². The lowest BCUT2D eigenvalue weighted by molar-refractivity contribution is -0.118. The molecule has 0 bridgehead atoms. The van der Waals surface area contributed by atoms with E-state index in [9.17, 15) is 4.79 Å². The van der Waals surface area contributed by atoms with Crippen molar-refractivity contribution in [2.45, 2.75) is 20.4 Å². The van der Waals surface area contributed by atoms with E-state index in [4.69, 9.17) is 10.8 Å². The number of aromatic nitrogens is 5. The Bertz CT molecular complexity index is 1220. The lowest BCUT2D eigenvalue weighted by Gasteiger charge is -2.03. The maximum absolute atomic E-state index is 11.2. The molecule has 3 heterocycles. The first-order valence-corrected chi connectivity index (χ1v) is 8.94. The van der Waals surface area contributed by atoms with Gasteiger partial charge in [0.25, 0.3) is 0 Å². The predicted molar refractivity (Wildman–Crippen MR) is 110 cm³/mol. The van der Waals surface area contributed by atoms with Gasteiger partial charge in [0.05, 0.1) is 17.6 Å². The van der Waals surface area contributed by atoms with Crippen LogP contribution in [0.4, 0.5) is 5.82 Å². The normalized spacial score (nSPS) is 11.2. The van der Waals surface area contributed by atoms with Crippen LogP contribution in [0.3, 0.4) is 0 Å². The summed E-state index contributed by atoms with van der Waals surface area (Å²) in [5.74, 6) is 0.279. The summed E-state index contributed by atoms with van der Waals surface area (Å²) in [6.07, 6.45) is 1.42. The molecule has 0 saturated heterocycles. The van der Waals surface area contributed by atoms with Crippen LogP contribution in [0.2, 0.25) is 0 Å². The predicted octanol–water partition coefficient (Wildman–Crippen LogP) is 2.73.